The predicted molar refractivity (Wildman–Crippen MR) is 118 cm³/mol. The molecule has 5 heteroatoms. The number of nitrogens with zero attached hydrogens (tertiary/aromatic N) is 2. The van der Waals surface area contributed by atoms with Gasteiger partial charge in [-0.05, 0) is 41.8 Å². The highest BCUT2D eigenvalue weighted by atomic mass is 16.5. The highest BCUT2D eigenvalue weighted by Gasteiger charge is 2.26. The Labute approximate surface area is 177 Å². The maximum Gasteiger partial charge on any atom is 0.213 e. The fourth-order valence-corrected chi connectivity index (χ4v) is 3.87. The van der Waals surface area contributed by atoms with E-state index in [1.165, 1.54) is 5.56 Å². The monoisotopic (exact) mass is 404 g/mol. The van der Waals surface area contributed by atoms with E-state index in [0.717, 1.165) is 42.3 Å². The van der Waals surface area contributed by atoms with Gasteiger partial charge in [-0.25, -0.2) is 4.98 Å². The molecule has 5 nitrogen and oxygen atoms in total. The van der Waals surface area contributed by atoms with E-state index in [-0.39, 0.29) is 12.7 Å². The first-order valence-corrected chi connectivity index (χ1v) is 10.5. The van der Waals surface area contributed by atoms with Gasteiger partial charge in [-0.3, -0.25) is 0 Å². The summed E-state index contributed by atoms with van der Waals surface area (Å²) >= 11 is 0. The van der Waals surface area contributed by atoms with Gasteiger partial charge in [0.25, 0.3) is 0 Å². The van der Waals surface area contributed by atoms with E-state index < -0.39 is 0 Å². The van der Waals surface area contributed by atoms with Gasteiger partial charge in [-0.2, -0.15) is 0 Å². The van der Waals surface area contributed by atoms with Crippen molar-refractivity contribution >= 4 is 5.69 Å². The largest absolute Gasteiger partial charge is 0.472 e. The maximum atomic E-state index is 9.99. The van der Waals surface area contributed by atoms with Gasteiger partial charge < -0.3 is 19.5 Å². The van der Waals surface area contributed by atoms with Crippen molar-refractivity contribution in [2.75, 3.05) is 18.0 Å². The Bertz CT molecular complexity index is 975. The number of benzene rings is 2. The minimum atomic E-state index is -0.0410. The summed E-state index contributed by atoms with van der Waals surface area (Å²) in [6, 6.07) is 19.7. The molecule has 0 amide bonds. The predicted octanol–water partition coefficient (Wildman–Crippen LogP) is 5.15. The fraction of sp³-hybridized carbons (Fsp3) is 0.320. The van der Waals surface area contributed by atoms with E-state index in [2.05, 4.69) is 29.8 Å². The Hall–Kier alpha value is -3.05. The molecule has 1 atom stereocenters. The van der Waals surface area contributed by atoms with Crippen LogP contribution < -0.4 is 14.4 Å². The molecule has 2 heterocycles. The number of pyridine rings is 1. The van der Waals surface area contributed by atoms with Crippen molar-refractivity contribution in [2.45, 2.75) is 38.9 Å². The molecule has 0 saturated carbocycles. The number of hydrogen-bond donors (Lipinski definition) is 1. The molecule has 0 aliphatic carbocycles. The fourth-order valence-electron chi connectivity index (χ4n) is 3.87. The minimum Gasteiger partial charge on any atom is -0.472 e. The van der Waals surface area contributed by atoms with Crippen LogP contribution in [0.4, 0.5) is 5.69 Å². The topological polar surface area (TPSA) is 54.8 Å². The van der Waals surface area contributed by atoms with Crippen LogP contribution in [0.2, 0.25) is 0 Å². The third-order valence-corrected chi connectivity index (χ3v) is 5.40. The molecule has 0 bridgehead atoms. The standard InChI is InChI=1S/C25H28N2O3/c1-18(2)22-7-3-4-8-24(22)29-20-10-11-23(19(15-20)17-28)27-14-12-21(16-27)30-25-9-5-6-13-26-25/h3-11,13,15,18,21,28H,12,14,16-17H2,1-2H3/t21-/m0/s1. The Kier molecular flexibility index (Phi) is 6.19. The molecular formula is C25H28N2O3. The summed E-state index contributed by atoms with van der Waals surface area (Å²) in [4.78, 5) is 6.50. The lowest BCUT2D eigenvalue weighted by Crippen LogP contribution is -2.25. The smallest absolute Gasteiger partial charge is 0.213 e. The lowest BCUT2D eigenvalue weighted by atomic mass is 10.0. The first kappa shape index (κ1) is 20.2. The zero-order chi connectivity index (χ0) is 20.9. The summed E-state index contributed by atoms with van der Waals surface area (Å²) < 4.78 is 12.2. The zero-order valence-corrected chi connectivity index (χ0v) is 17.5. The number of hydrogen-bond acceptors (Lipinski definition) is 5. The van der Waals surface area contributed by atoms with Crippen LogP contribution in [0.25, 0.3) is 0 Å². The molecule has 0 unspecified atom stereocenters. The van der Waals surface area contributed by atoms with Crippen LogP contribution in [0.15, 0.2) is 66.9 Å². The van der Waals surface area contributed by atoms with Crippen molar-refractivity contribution in [2.24, 2.45) is 0 Å². The molecule has 4 rings (SSSR count). The van der Waals surface area contributed by atoms with E-state index in [0.29, 0.717) is 11.8 Å². The van der Waals surface area contributed by atoms with Gasteiger partial charge >= 0.3 is 0 Å². The molecule has 3 aromatic rings. The summed E-state index contributed by atoms with van der Waals surface area (Å²) in [5.74, 6) is 2.61. The van der Waals surface area contributed by atoms with Crippen molar-refractivity contribution in [1.82, 2.24) is 4.98 Å². The van der Waals surface area contributed by atoms with Crippen LogP contribution in [0.3, 0.4) is 0 Å². The normalized spacial score (nSPS) is 16.1. The molecule has 2 aromatic carbocycles. The Morgan fingerprint density at radius 1 is 1.10 bits per heavy atom. The number of aliphatic hydroxyl groups is 1. The van der Waals surface area contributed by atoms with Crippen molar-refractivity contribution in [1.29, 1.82) is 0 Å². The van der Waals surface area contributed by atoms with E-state index in [1.807, 2.05) is 54.6 Å². The highest BCUT2D eigenvalue weighted by molar-refractivity contribution is 5.57. The van der Waals surface area contributed by atoms with Gasteiger partial charge in [0.1, 0.15) is 17.6 Å². The number of anilines is 1. The molecule has 1 aromatic heterocycles. The summed E-state index contributed by atoms with van der Waals surface area (Å²) in [6.07, 6.45) is 2.74. The van der Waals surface area contributed by atoms with Crippen LogP contribution >= 0.6 is 0 Å². The second-order valence-corrected chi connectivity index (χ2v) is 7.89. The first-order valence-electron chi connectivity index (χ1n) is 10.5. The van der Waals surface area contributed by atoms with Crippen molar-refractivity contribution in [3.8, 4) is 17.4 Å². The number of para-hydroxylation sites is 1. The van der Waals surface area contributed by atoms with Gasteiger partial charge in [0, 0.05) is 36.5 Å². The highest BCUT2D eigenvalue weighted by Crippen LogP contribution is 2.34. The Balaban J connectivity index is 1.48. The zero-order valence-electron chi connectivity index (χ0n) is 17.5. The molecule has 1 N–H and O–H groups in total. The maximum absolute atomic E-state index is 9.99. The average molecular weight is 405 g/mol. The lowest BCUT2D eigenvalue weighted by Gasteiger charge is -2.22. The molecular weight excluding hydrogens is 376 g/mol. The average Bonchev–Trinajstić information content (AvgIpc) is 3.22. The number of rotatable bonds is 7. The summed E-state index contributed by atoms with van der Waals surface area (Å²) in [5, 5.41) is 9.99. The van der Waals surface area contributed by atoms with Gasteiger partial charge in [0.05, 0.1) is 13.2 Å². The quantitative estimate of drug-likeness (QED) is 0.590. The first-order chi connectivity index (χ1) is 14.6. The van der Waals surface area contributed by atoms with Crippen molar-refractivity contribution in [3.05, 3.63) is 78.0 Å². The molecule has 0 spiro atoms. The molecule has 30 heavy (non-hydrogen) atoms. The molecule has 1 aliphatic rings. The summed E-state index contributed by atoms with van der Waals surface area (Å²) in [5.41, 5.74) is 3.04. The lowest BCUT2D eigenvalue weighted by molar-refractivity contribution is 0.216. The summed E-state index contributed by atoms with van der Waals surface area (Å²) in [7, 11) is 0. The molecule has 0 radical (unpaired) electrons. The third kappa shape index (κ3) is 4.57. The number of ether oxygens (including phenoxy) is 2. The minimum absolute atomic E-state index is 0.0410. The van der Waals surface area contributed by atoms with Crippen molar-refractivity contribution in [3.63, 3.8) is 0 Å². The van der Waals surface area contributed by atoms with E-state index in [4.69, 9.17) is 9.47 Å². The van der Waals surface area contributed by atoms with Gasteiger partial charge in [-0.1, -0.05) is 38.1 Å². The Morgan fingerprint density at radius 2 is 1.93 bits per heavy atom. The van der Waals surface area contributed by atoms with Crippen LogP contribution in [0, 0.1) is 0 Å². The second kappa shape index (κ2) is 9.18. The number of aromatic nitrogens is 1. The van der Waals surface area contributed by atoms with Crippen LogP contribution in [0.1, 0.15) is 37.3 Å². The second-order valence-electron chi connectivity index (χ2n) is 7.89. The van der Waals surface area contributed by atoms with Crippen LogP contribution in [-0.2, 0) is 6.61 Å². The molecule has 156 valence electrons. The molecule has 1 aliphatic heterocycles. The van der Waals surface area contributed by atoms with E-state index in [1.54, 1.807) is 6.20 Å². The van der Waals surface area contributed by atoms with Crippen molar-refractivity contribution < 1.29 is 14.6 Å². The third-order valence-electron chi connectivity index (χ3n) is 5.40. The summed E-state index contributed by atoms with van der Waals surface area (Å²) in [6.45, 7) is 5.91. The molecule has 1 saturated heterocycles. The van der Waals surface area contributed by atoms with E-state index in [9.17, 15) is 5.11 Å². The van der Waals surface area contributed by atoms with E-state index >= 15 is 0 Å². The SMILES string of the molecule is CC(C)c1ccccc1Oc1ccc(N2CC[C@H](Oc3ccccn3)C2)c(CO)c1. The molecule has 1 fully saturated rings. The van der Waals surface area contributed by atoms with Gasteiger partial charge in [-0.15, -0.1) is 0 Å². The Morgan fingerprint density at radius 3 is 2.70 bits per heavy atom. The van der Waals surface area contributed by atoms with Crippen LogP contribution in [0.5, 0.6) is 17.4 Å². The number of aliphatic hydroxyl groups excluding tert-OH is 1. The van der Waals surface area contributed by atoms with Gasteiger partial charge in [0.2, 0.25) is 5.88 Å². The van der Waals surface area contributed by atoms with Gasteiger partial charge in [0.15, 0.2) is 0 Å². The van der Waals surface area contributed by atoms with Crippen LogP contribution in [-0.4, -0.2) is 29.3 Å².